The normalized spacial score (nSPS) is 10.5. The van der Waals surface area contributed by atoms with Crippen LogP contribution in [-0.2, 0) is 0 Å². The topological polar surface area (TPSA) is 30.2 Å². The van der Waals surface area contributed by atoms with Gasteiger partial charge < -0.3 is 4.42 Å². The predicted molar refractivity (Wildman–Crippen MR) is 68.8 cm³/mol. The van der Waals surface area contributed by atoms with Crippen LogP contribution in [0.5, 0.6) is 0 Å². The number of benzene rings is 1. The molecule has 0 bridgehead atoms. The second-order valence-electron chi connectivity index (χ2n) is 3.54. The lowest BCUT2D eigenvalue weighted by Gasteiger charge is -2.02. The van der Waals surface area contributed by atoms with Gasteiger partial charge in [-0.25, -0.2) is 0 Å². The van der Waals surface area contributed by atoms with E-state index in [1.165, 1.54) is 0 Å². The van der Waals surface area contributed by atoms with E-state index in [0.29, 0.717) is 33.6 Å². The number of hydrogen-bond acceptors (Lipinski definition) is 2. The number of furan rings is 1. The van der Waals surface area contributed by atoms with Crippen molar-refractivity contribution >= 4 is 29.0 Å². The molecule has 0 atom stereocenters. The zero-order valence-corrected chi connectivity index (χ0v) is 10.7. The summed E-state index contributed by atoms with van der Waals surface area (Å²) in [7, 11) is 0. The van der Waals surface area contributed by atoms with Crippen LogP contribution in [0.15, 0.2) is 34.7 Å². The van der Waals surface area contributed by atoms with Crippen molar-refractivity contribution in [1.82, 2.24) is 0 Å². The van der Waals surface area contributed by atoms with E-state index in [0.717, 1.165) is 0 Å². The van der Waals surface area contributed by atoms with Gasteiger partial charge in [0.25, 0.3) is 0 Å². The van der Waals surface area contributed by atoms with Crippen molar-refractivity contribution in [3.05, 3.63) is 46.1 Å². The molecule has 2 rings (SSSR count). The largest absolute Gasteiger partial charge is 0.453 e. The quantitative estimate of drug-likeness (QED) is 0.746. The molecular formula is C13H10Cl2O2. The van der Waals surface area contributed by atoms with Crippen molar-refractivity contribution in [2.45, 2.75) is 13.3 Å². The van der Waals surface area contributed by atoms with Crippen molar-refractivity contribution < 1.29 is 9.21 Å². The van der Waals surface area contributed by atoms with E-state index in [1.54, 1.807) is 37.3 Å². The summed E-state index contributed by atoms with van der Waals surface area (Å²) in [6.07, 6.45) is 0.413. The maximum atomic E-state index is 11.5. The van der Waals surface area contributed by atoms with Crippen LogP contribution >= 0.6 is 23.2 Å². The van der Waals surface area contributed by atoms with Crippen molar-refractivity contribution in [2.75, 3.05) is 0 Å². The molecule has 0 aliphatic heterocycles. The van der Waals surface area contributed by atoms with Crippen molar-refractivity contribution in [2.24, 2.45) is 0 Å². The average molecular weight is 269 g/mol. The Balaban J connectivity index is 2.44. The van der Waals surface area contributed by atoms with Crippen molar-refractivity contribution in [1.29, 1.82) is 0 Å². The third-order valence-corrected chi connectivity index (χ3v) is 3.24. The van der Waals surface area contributed by atoms with Crippen LogP contribution in [0.4, 0.5) is 0 Å². The summed E-state index contributed by atoms with van der Waals surface area (Å²) >= 11 is 12.0. The molecule has 0 amide bonds. The molecule has 2 aromatic rings. The Labute approximate surface area is 109 Å². The summed E-state index contributed by atoms with van der Waals surface area (Å²) in [4.78, 5) is 11.5. The highest BCUT2D eigenvalue weighted by atomic mass is 35.5. The van der Waals surface area contributed by atoms with Crippen LogP contribution in [0.25, 0.3) is 11.3 Å². The van der Waals surface area contributed by atoms with Crippen LogP contribution in [0.2, 0.25) is 10.0 Å². The van der Waals surface area contributed by atoms with E-state index >= 15 is 0 Å². The summed E-state index contributed by atoms with van der Waals surface area (Å²) in [6.45, 7) is 1.79. The Morgan fingerprint density at radius 1 is 1.24 bits per heavy atom. The fourth-order valence-electron chi connectivity index (χ4n) is 1.50. The smallest absolute Gasteiger partial charge is 0.197 e. The minimum absolute atomic E-state index is 0.0330. The highest BCUT2D eigenvalue weighted by molar-refractivity contribution is 6.43. The van der Waals surface area contributed by atoms with Gasteiger partial charge in [0.05, 0.1) is 10.0 Å². The first-order valence-electron chi connectivity index (χ1n) is 5.21. The molecule has 1 heterocycles. The minimum Gasteiger partial charge on any atom is -0.453 e. The first-order valence-corrected chi connectivity index (χ1v) is 5.96. The van der Waals surface area contributed by atoms with E-state index in [2.05, 4.69) is 0 Å². The van der Waals surface area contributed by atoms with E-state index in [4.69, 9.17) is 27.6 Å². The molecule has 0 aliphatic carbocycles. The molecule has 0 N–H and O–H groups in total. The lowest BCUT2D eigenvalue weighted by Crippen LogP contribution is -1.92. The van der Waals surface area contributed by atoms with Crippen LogP contribution in [-0.4, -0.2) is 5.78 Å². The van der Waals surface area contributed by atoms with Gasteiger partial charge in [0.2, 0.25) is 0 Å². The number of halogens is 2. The van der Waals surface area contributed by atoms with Crippen LogP contribution in [0.1, 0.15) is 23.9 Å². The first-order chi connectivity index (χ1) is 8.13. The zero-order chi connectivity index (χ0) is 12.4. The zero-order valence-electron chi connectivity index (χ0n) is 9.17. The number of rotatable bonds is 3. The number of carbonyl (C=O) groups is 1. The van der Waals surface area contributed by atoms with Gasteiger partial charge in [0, 0.05) is 12.0 Å². The van der Waals surface area contributed by atoms with Gasteiger partial charge in [-0.15, -0.1) is 0 Å². The fraction of sp³-hybridized carbons (Fsp3) is 0.154. The van der Waals surface area contributed by atoms with Crippen molar-refractivity contribution in [3.8, 4) is 11.3 Å². The van der Waals surface area contributed by atoms with Gasteiger partial charge >= 0.3 is 0 Å². The minimum atomic E-state index is -0.0330. The molecule has 1 aromatic carbocycles. The molecule has 17 heavy (non-hydrogen) atoms. The molecule has 0 radical (unpaired) electrons. The summed E-state index contributed by atoms with van der Waals surface area (Å²) < 4.78 is 5.47. The van der Waals surface area contributed by atoms with Gasteiger partial charge in [0.1, 0.15) is 5.76 Å². The van der Waals surface area contributed by atoms with Gasteiger partial charge in [-0.3, -0.25) is 4.79 Å². The number of ketones is 1. The second-order valence-corrected chi connectivity index (χ2v) is 4.33. The Hall–Kier alpha value is -1.25. The van der Waals surface area contributed by atoms with E-state index in [1.807, 2.05) is 0 Å². The molecule has 0 unspecified atom stereocenters. The van der Waals surface area contributed by atoms with Gasteiger partial charge in [-0.05, 0) is 24.3 Å². The molecule has 0 spiro atoms. The van der Waals surface area contributed by atoms with E-state index in [9.17, 15) is 4.79 Å². The van der Waals surface area contributed by atoms with E-state index in [-0.39, 0.29) is 5.78 Å². The Morgan fingerprint density at radius 2 is 2.00 bits per heavy atom. The highest BCUT2D eigenvalue weighted by Crippen LogP contribution is 2.34. The summed E-state index contributed by atoms with van der Waals surface area (Å²) in [6, 6.07) is 8.66. The molecule has 88 valence electrons. The third-order valence-electron chi connectivity index (χ3n) is 2.42. The highest BCUT2D eigenvalue weighted by Gasteiger charge is 2.13. The summed E-state index contributed by atoms with van der Waals surface area (Å²) in [5.41, 5.74) is 0.689. The van der Waals surface area contributed by atoms with Crippen LogP contribution in [0.3, 0.4) is 0 Å². The maximum Gasteiger partial charge on any atom is 0.197 e. The molecule has 0 aliphatic rings. The predicted octanol–water partition coefficient (Wildman–Crippen LogP) is 4.85. The summed E-state index contributed by atoms with van der Waals surface area (Å²) in [5, 5.41) is 0.892. The van der Waals surface area contributed by atoms with Crippen LogP contribution < -0.4 is 0 Å². The van der Waals surface area contributed by atoms with Gasteiger partial charge in [0.15, 0.2) is 11.5 Å². The first kappa shape index (κ1) is 12.2. The molecular weight excluding hydrogens is 259 g/mol. The Bertz CT molecular complexity index is 558. The summed E-state index contributed by atoms with van der Waals surface area (Å²) in [5.74, 6) is 0.863. The molecule has 4 heteroatoms. The Kier molecular flexibility index (Phi) is 3.55. The lowest BCUT2D eigenvalue weighted by molar-refractivity contribution is 0.0962. The molecule has 0 fully saturated rings. The van der Waals surface area contributed by atoms with Gasteiger partial charge in [-0.1, -0.05) is 36.2 Å². The SMILES string of the molecule is CCC(=O)c1ccc(-c2cccc(Cl)c2Cl)o1. The number of hydrogen-bond donors (Lipinski definition) is 0. The monoisotopic (exact) mass is 268 g/mol. The van der Waals surface area contributed by atoms with E-state index < -0.39 is 0 Å². The fourth-order valence-corrected chi connectivity index (χ4v) is 1.89. The van der Waals surface area contributed by atoms with Crippen LogP contribution in [0, 0.1) is 0 Å². The molecule has 1 aromatic heterocycles. The Morgan fingerprint density at radius 3 is 2.71 bits per heavy atom. The second kappa shape index (κ2) is 4.94. The van der Waals surface area contributed by atoms with Crippen molar-refractivity contribution in [3.63, 3.8) is 0 Å². The number of carbonyl (C=O) groups excluding carboxylic acids is 1. The van der Waals surface area contributed by atoms with Gasteiger partial charge in [-0.2, -0.15) is 0 Å². The maximum absolute atomic E-state index is 11.5. The molecule has 2 nitrogen and oxygen atoms in total. The molecule has 0 saturated carbocycles. The standard InChI is InChI=1S/C13H10Cl2O2/c1-2-10(16)12-7-6-11(17-12)8-4-3-5-9(14)13(8)15/h3-7H,2H2,1H3. The lowest BCUT2D eigenvalue weighted by atomic mass is 10.2. The average Bonchev–Trinajstić information content (AvgIpc) is 2.81. The molecule has 0 saturated heterocycles. The third kappa shape index (κ3) is 2.38. The number of Topliss-reactive ketones (excluding diaryl/α,β-unsaturated/α-hetero) is 1.